The number of carbonyl (C=O) groups is 1. The third-order valence-electron chi connectivity index (χ3n) is 3.75. The van der Waals surface area contributed by atoms with Gasteiger partial charge in [-0.3, -0.25) is 4.57 Å². The standard InChI is InChI=1S/C17H14N4OS/c22-16(18-11-12-6-2-1-3-7-12)19-17-21-14-9-5-4-8-13(14)10-15(21)20-23-17/h1-9H,10-11H2,(H,18,22). The molecule has 2 heterocycles. The van der Waals surface area contributed by atoms with Crippen LogP contribution in [0.3, 0.4) is 0 Å². The van der Waals surface area contributed by atoms with Crippen LogP contribution in [-0.4, -0.2) is 15.0 Å². The second-order valence-corrected chi connectivity index (χ2v) is 6.01. The zero-order chi connectivity index (χ0) is 15.6. The van der Waals surface area contributed by atoms with E-state index in [4.69, 9.17) is 0 Å². The SMILES string of the molecule is O=C(N=c1snc2n1-c1ccccc1C2)NCc1ccccc1. The Morgan fingerprint density at radius 1 is 1.17 bits per heavy atom. The first-order valence-electron chi connectivity index (χ1n) is 7.33. The highest BCUT2D eigenvalue weighted by molar-refractivity contribution is 7.02. The lowest BCUT2D eigenvalue weighted by Gasteiger charge is -2.02. The third-order valence-corrected chi connectivity index (χ3v) is 4.49. The van der Waals surface area contributed by atoms with Gasteiger partial charge in [-0.2, -0.15) is 9.37 Å². The van der Waals surface area contributed by atoms with Crippen LogP contribution < -0.4 is 10.1 Å². The summed E-state index contributed by atoms with van der Waals surface area (Å²) in [5.74, 6) is 0.936. The molecule has 1 aliphatic rings. The molecular weight excluding hydrogens is 308 g/mol. The van der Waals surface area contributed by atoms with Crippen LogP contribution in [0.25, 0.3) is 5.69 Å². The number of para-hydroxylation sites is 1. The van der Waals surface area contributed by atoms with E-state index in [9.17, 15) is 4.79 Å². The molecule has 5 nitrogen and oxygen atoms in total. The fourth-order valence-corrected chi connectivity index (χ4v) is 3.40. The largest absolute Gasteiger partial charge is 0.343 e. The summed E-state index contributed by atoms with van der Waals surface area (Å²) in [6.45, 7) is 0.464. The van der Waals surface area contributed by atoms with Crippen LogP contribution in [0, 0.1) is 0 Å². The van der Waals surface area contributed by atoms with Crippen molar-refractivity contribution in [2.45, 2.75) is 13.0 Å². The van der Waals surface area contributed by atoms with Gasteiger partial charge in [-0.05, 0) is 17.2 Å². The van der Waals surface area contributed by atoms with Gasteiger partial charge in [0.05, 0.1) is 5.69 Å². The summed E-state index contributed by atoms with van der Waals surface area (Å²) >= 11 is 1.25. The second-order valence-electron chi connectivity index (χ2n) is 5.28. The van der Waals surface area contributed by atoms with Crippen molar-refractivity contribution in [3.8, 4) is 5.69 Å². The lowest BCUT2D eigenvalue weighted by Crippen LogP contribution is -2.23. The van der Waals surface area contributed by atoms with Crippen molar-refractivity contribution < 1.29 is 4.79 Å². The molecule has 23 heavy (non-hydrogen) atoms. The maximum absolute atomic E-state index is 12.1. The van der Waals surface area contributed by atoms with E-state index < -0.39 is 0 Å². The van der Waals surface area contributed by atoms with E-state index in [1.807, 2.05) is 53.1 Å². The van der Waals surface area contributed by atoms with Crippen molar-refractivity contribution in [2.75, 3.05) is 0 Å². The van der Waals surface area contributed by atoms with Gasteiger partial charge in [0.2, 0.25) is 4.80 Å². The maximum atomic E-state index is 12.1. The van der Waals surface area contributed by atoms with Crippen LogP contribution in [0.1, 0.15) is 17.0 Å². The molecule has 3 aromatic rings. The zero-order valence-corrected chi connectivity index (χ0v) is 13.1. The van der Waals surface area contributed by atoms with Crippen molar-refractivity contribution in [3.63, 3.8) is 0 Å². The van der Waals surface area contributed by atoms with E-state index in [2.05, 4.69) is 20.7 Å². The fraction of sp³-hybridized carbons (Fsp3) is 0.118. The monoisotopic (exact) mass is 322 g/mol. The number of amides is 2. The van der Waals surface area contributed by atoms with Gasteiger partial charge in [-0.25, -0.2) is 4.79 Å². The van der Waals surface area contributed by atoms with Crippen LogP contribution in [0.4, 0.5) is 4.79 Å². The molecule has 0 bridgehead atoms. The van der Waals surface area contributed by atoms with Crippen LogP contribution in [-0.2, 0) is 13.0 Å². The molecule has 1 aromatic heterocycles. The number of rotatable bonds is 2. The number of hydrogen-bond acceptors (Lipinski definition) is 3. The molecule has 114 valence electrons. The Kier molecular flexibility index (Phi) is 3.51. The molecule has 2 amide bonds. The molecule has 0 radical (unpaired) electrons. The van der Waals surface area contributed by atoms with Gasteiger partial charge >= 0.3 is 6.03 Å². The van der Waals surface area contributed by atoms with Gasteiger partial charge in [0, 0.05) is 24.5 Å². The third kappa shape index (κ3) is 2.68. The van der Waals surface area contributed by atoms with E-state index >= 15 is 0 Å². The second kappa shape index (κ2) is 5.81. The van der Waals surface area contributed by atoms with Crippen LogP contribution >= 0.6 is 11.5 Å². The van der Waals surface area contributed by atoms with Gasteiger partial charge in [0.15, 0.2) is 0 Å². The first-order valence-corrected chi connectivity index (χ1v) is 8.11. The van der Waals surface area contributed by atoms with Gasteiger partial charge in [-0.15, -0.1) is 0 Å². The molecule has 1 aliphatic heterocycles. The molecule has 0 aliphatic carbocycles. The van der Waals surface area contributed by atoms with Gasteiger partial charge < -0.3 is 5.32 Å². The number of urea groups is 1. The Labute approximate surface area is 137 Å². The first-order chi connectivity index (χ1) is 11.3. The quantitative estimate of drug-likeness (QED) is 0.617. The molecule has 0 unspecified atom stereocenters. The average Bonchev–Trinajstić information content (AvgIpc) is 3.14. The van der Waals surface area contributed by atoms with E-state index in [1.165, 1.54) is 17.1 Å². The minimum Gasteiger partial charge on any atom is -0.332 e. The molecule has 0 atom stereocenters. The Hall–Kier alpha value is -2.73. The molecule has 4 rings (SSSR count). The zero-order valence-electron chi connectivity index (χ0n) is 12.3. The number of carbonyl (C=O) groups excluding carboxylic acids is 1. The summed E-state index contributed by atoms with van der Waals surface area (Å²) in [6.07, 6.45) is 0.786. The summed E-state index contributed by atoms with van der Waals surface area (Å²) in [5.41, 5.74) is 3.32. The van der Waals surface area contributed by atoms with Crippen LogP contribution in [0.5, 0.6) is 0 Å². The van der Waals surface area contributed by atoms with Crippen molar-refractivity contribution in [1.82, 2.24) is 14.3 Å². The molecule has 0 saturated heterocycles. The Morgan fingerprint density at radius 3 is 2.83 bits per heavy atom. The van der Waals surface area contributed by atoms with E-state index in [1.54, 1.807) is 0 Å². The minimum atomic E-state index is -0.350. The molecular formula is C17H14N4OS. The van der Waals surface area contributed by atoms with Crippen LogP contribution in [0.15, 0.2) is 59.6 Å². The van der Waals surface area contributed by atoms with Gasteiger partial charge in [-0.1, -0.05) is 48.5 Å². The number of nitrogens with one attached hydrogen (secondary N) is 1. The van der Waals surface area contributed by atoms with Gasteiger partial charge in [0.25, 0.3) is 0 Å². The predicted octanol–water partition coefficient (Wildman–Crippen LogP) is 2.65. The summed E-state index contributed by atoms with van der Waals surface area (Å²) in [4.78, 5) is 16.9. The fourth-order valence-electron chi connectivity index (χ4n) is 2.66. The van der Waals surface area contributed by atoms with Crippen molar-refractivity contribution >= 4 is 17.6 Å². The summed E-state index contributed by atoms with van der Waals surface area (Å²) in [5, 5.41) is 2.81. The smallest absolute Gasteiger partial charge is 0.332 e. The number of hydrogen-bond donors (Lipinski definition) is 1. The highest BCUT2D eigenvalue weighted by Crippen LogP contribution is 2.24. The summed E-state index contributed by atoms with van der Waals surface area (Å²) in [7, 11) is 0. The molecule has 0 saturated carbocycles. The maximum Gasteiger partial charge on any atom is 0.343 e. The minimum absolute atomic E-state index is 0.350. The lowest BCUT2D eigenvalue weighted by molar-refractivity contribution is 0.248. The number of nitrogens with zero attached hydrogens (tertiary/aromatic N) is 3. The number of benzene rings is 2. The Bertz CT molecular complexity index is 927. The average molecular weight is 322 g/mol. The van der Waals surface area contributed by atoms with E-state index in [0.717, 1.165) is 23.5 Å². The van der Waals surface area contributed by atoms with Crippen molar-refractivity contribution in [1.29, 1.82) is 0 Å². The Balaban J connectivity index is 1.58. The highest BCUT2D eigenvalue weighted by Gasteiger charge is 2.20. The van der Waals surface area contributed by atoms with Gasteiger partial charge in [0.1, 0.15) is 5.82 Å². The topological polar surface area (TPSA) is 59.3 Å². The number of fused-ring (bicyclic) bond motifs is 3. The number of aromatic nitrogens is 2. The summed E-state index contributed by atoms with van der Waals surface area (Å²) in [6, 6.07) is 17.5. The predicted molar refractivity (Wildman–Crippen MR) is 88.5 cm³/mol. The molecule has 6 heteroatoms. The molecule has 2 aromatic carbocycles. The van der Waals surface area contributed by atoms with Crippen LogP contribution in [0.2, 0.25) is 0 Å². The van der Waals surface area contributed by atoms with E-state index in [-0.39, 0.29) is 6.03 Å². The summed E-state index contributed by atoms with van der Waals surface area (Å²) < 4.78 is 6.37. The lowest BCUT2D eigenvalue weighted by atomic mass is 10.2. The Morgan fingerprint density at radius 2 is 1.96 bits per heavy atom. The van der Waals surface area contributed by atoms with Crippen molar-refractivity contribution in [3.05, 3.63) is 76.4 Å². The molecule has 0 spiro atoms. The molecule has 1 N–H and O–H groups in total. The first kappa shape index (κ1) is 13.9. The molecule has 0 fully saturated rings. The van der Waals surface area contributed by atoms with E-state index in [0.29, 0.717) is 11.3 Å². The highest BCUT2D eigenvalue weighted by atomic mass is 32.1. The normalized spacial score (nSPS) is 12.8. The van der Waals surface area contributed by atoms with Crippen molar-refractivity contribution in [2.24, 2.45) is 4.99 Å².